The fourth-order valence-corrected chi connectivity index (χ4v) is 3.44. The van der Waals surface area contributed by atoms with Gasteiger partial charge in [-0.1, -0.05) is 26.0 Å². The molecule has 31 heavy (non-hydrogen) atoms. The number of aromatic amines is 1. The van der Waals surface area contributed by atoms with Gasteiger partial charge in [0, 0.05) is 6.20 Å². The van der Waals surface area contributed by atoms with Gasteiger partial charge in [0.05, 0.1) is 28.2 Å². The molecule has 0 saturated heterocycles. The topological polar surface area (TPSA) is 121 Å². The molecule has 3 rings (SSSR count). The van der Waals surface area contributed by atoms with Gasteiger partial charge in [-0.25, -0.2) is 13.8 Å². The van der Waals surface area contributed by atoms with Crippen LogP contribution in [0.4, 0.5) is 4.39 Å². The fourth-order valence-electron chi connectivity index (χ4n) is 3.44. The molecule has 0 saturated carbocycles. The van der Waals surface area contributed by atoms with Gasteiger partial charge in [0.25, 0.3) is 5.56 Å². The molecule has 1 aromatic carbocycles. The lowest BCUT2D eigenvalue weighted by atomic mass is 10.0. The van der Waals surface area contributed by atoms with E-state index in [0.717, 1.165) is 10.6 Å². The minimum Gasteiger partial charge on any atom is -0.346 e. The Kier molecular flexibility index (Phi) is 6.30. The van der Waals surface area contributed by atoms with Gasteiger partial charge in [-0.05, 0) is 37.5 Å². The van der Waals surface area contributed by atoms with Crippen molar-refractivity contribution in [1.82, 2.24) is 19.9 Å². The Morgan fingerprint density at radius 1 is 1.29 bits per heavy atom. The lowest BCUT2D eigenvalue weighted by Gasteiger charge is -2.23. The molecule has 160 valence electrons. The first-order valence-corrected chi connectivity index (χ1v) is 9.82. The molecule has 2 aromatic heterocycles. The van der Waals surface area contributed by atoms with Crippen molar-refractivity contribution in [1.29, 1.82) is 5.26 Å². The number of amides is 1. The van der Waals surface area contributed by atoms with Crippen molar-refractivity contribution in [2.24, 2.45) is 5.92 Å². The van der Waals surface area contributed by atoms with Crippen LogP contribution in [0.5, 0.6) is 0 Å². The highest BCUT2D eigenvalue weighted by molar-refractivity contribution is 5.82. The molecule has 0 spiro atoms. The number of nitrogens with one attached hydrogen (secondary N) is 2. The smallest absolute Gasteiger partial charge is 0.329 e. The maximum absolute atomic E-state index is 14.3. The molecule has 0 bridgehead atoms. The number of pyridine rings is 1. The van der Waals surface area contributed by atoms with Crippen molar-refractivity contribution < 1.29 is 9.18 Å². The molecule has 0 fully saturated rings. The van der Waals surface area contributed by atoms with E-state index < -0.39 is 35.1 Å². The quantitative estimate of drug-likeness (QED) is 0.631. The van der Waals surface area contributed by atoms with Crippen molar-refractivity contribution >= 4 is 16.8 Å². The number of rotatable bonds is 6. The van der Waals surface area contributed by atoms with Crippen LogP contribution in [0.25, 0.3) is 10.9 Å². The summed E-state index contributed by atoms with van der Waals surface area (Å²) in [5.74, 6) is -1.34. The number of H-pyrrole nitrogens is 1. The minimum atomic E-state index is -1.09. The Morgan fingerprint density at radius 3 is 2.65 bits per heavy atom. The van der Waals surface area contributed by atoms with Gasteiger partial charge in [-0.3, -0.25) is 14.6 Å². The first-order valence-electron chi connectivity index (χ1n) is 9.82. The van der Waals surface area contributed by atoms with Crippen LogP contribution in [0.15, 0.2) is 46.1 Å². The van der Waals surface area contributed by atoms with Gasteiger partial charge < -0.3 is 10.3 Å². The lowest BCUT2D eigenvalue weighted by Crippen LogP contribution is -2.45. The average Bonchev–Trinajstić information content (AvgIpc) is 2.72. The summed E-state index contributed by atoms with van der Waals surface area (Å²) in [5.41, 5.74) is -0.868. The van der Waals surface area contributed by atoms with E-state index >= 15 is 0 Å². The summed E-state index contributed by atoms with van der Waals surface area (Å²) in [6.45, 7) is 5.27. The fraction of sp³-hybridized carbons (Fsp3) is 0.318. The molecule has 9 heteroatoms. The van der Waals surface area contributed by atoms with Crippen LogP contribution in [0, 0.1) is 23.1 Å². The van der Waals surface area contributed by atoms with Crippen LogP contribution in [0.2, 0.25) is 0 Å². The van der Waals surface area contributed by atoms with Gasteiger partial charge in [0.15, 0.2) is 0 Å². The van der Waals surface area contributed by atoms with E-state index in [1.165, 1.54) is 13.1 Å². The molecule has 0 unspecified atom stereocenters. The van der Waals surface area contributed by atoms with Crippen molar-refractivity contribution in [3.8, 4) is 6.07 Å². The number of benzene rings is 1. The number of nitrogens with zero attached hydrogens (tertiary/aromatic N) is 3. The van der Waals surface area contributed by atoms with E-state index in [-0.39, 0.29) is 29.0 Å². The van der Waals surface area contributed by atoms with E-state index in [9.17, 15) is 18.8 Å². The molecular formula is C22H22FN5O3. The number of carbonyl (C=O) groups excluding carboxylic acids is 1. The second-order valence-electron chi connectivity index (χ2n) is 7.73. The van der Waals surface area contributed by atoms with Gasteiger partial charge in [-0.2, -0.15) is 5.26 Å². The third-order valence-electron chi connectivity index (χ3n) is 4.91. The molecular weight excluding hydrogens is 401 g/mol. The van der Waals surface area contributed by atoms with E-state index in [1.54, 1.807) is 30.3 Å². The number of halogens is 1. The number of hydrogen-bond donors (Lipinski definition) is 2. The van der Waals surface area contributed by atoms with Gasteiger partial charge in [0.1, 0.15) is 17.9 Å². The first kappa shape index (κ1) is 21.9. The maximum Gasteiger partial charge on any atom is 0.329 e. The molecule has 3 aromatic rings. The second-order valence-corrected chi connectivity index (χ2v) is 7.73. The number of hydrogen-bond acceptors (Lipinski definition) is 5. The number of carbonyl (C=O) groups is 1. The molecule has 0 radical (unpaired) electrons. The van der Waals surface area contributed by atoms with E-state index in [1.807, 2.05) is 13.8 Å². The number of aromatic nitrogens is 3. The molecule has 0 aliphatic rings. The summed E-state index contributed by atoms with van der Waals surface area (Å²) in [5, 5.41) is 11.8. The SMILES string of the molecule is CC(C)C[C@@H](C(=O)N[C@@H](C)c1ncc(C#N)cc1F)n1c(=O)[nH]c2ccccc2c1=O. The zero-order valence-corrected chi connectivity index (χ0v) is 17.3. The zero-order valence-electron chi connectivity index (χ0n) is 17.3. The summed E-state index contributed by atoms with van der Waals surface area (Å²) >= 11 is 0. The second kappa shape index (κ2) is 8.92. The number of nitriles is 1. The molecule has 1 amide bonds. The zero-order chi connectivity index (χ0) is 22.7. The van der Waals surface area contributed by atoms with Crippen LogP contribution >= 0.6 is 0 Å². The van der Waals surface area contributed by atoms with Crippen molar-refractivity contribution in [3.63, 3.8) is 0 Å². The lowest BCUT2D eigenvalue weighted by molar-refractivity contribution is -0.125. The Morgan fingerprint density at radius 2 is 2.00 bits per heavy atom. The highest BCUT2D eigenvalue weighted by atomic mass is 19.1. The molecule has 2 atom stereocenters. The standard InChI is InChI=1S/C22H22FN5O3/c1-12(2)8-18(28-21(30)15-6-4-5-7-17(15)27-22(28)31)20(29)26-13(3)19-16(23)9-14(10-24)11-25-19/h4-7,9,11-13,18H,8H2,1-3H3,(H,26,29)(H,27,31)/t13-,18-/m0/s1. The normalized spacial score (nSPS) is 13.0. The monoisotopic (exact) mass is 423 g/mol. The van der Waals surface area contributed by atoms with Crippen molar-refractivity contribution in [2.45, 2.75) is 39.3 Å². The Hall–Kier alpha value is -3.80. The summed E-state index contributed by atoms with van der Waals surface area (Å²) in [6, 6.07) is 7.46. The highest BCUT2D eigenvalue weighted by Crippen LogP contribution is 2.20. The predicted molar refractivity (Wildman–Crippen MR) is 113 cm³/mol. The Balaban J connectivity index is 1.99. The van der Waals surface area contributed by atoms with Gasteiger partial charge in [0.2, 0.25) is 5.91 Å². The number of para-hydroxylation sites is 1. The van der Waals surface area contributed by atoms with Crippen molar-refractivity contribution in [2.75, 3.05) is 0 Å². The minimum absolute atomic E-state index is 0.00593. The third kappa shape index (κ3) is 4.53. The Bertz CT molecular complexity index is 1290. The predicted octanol–water partition coefficient (Wildman–Crippen LogP) is 2.56. The molecule has 0 aliphatic heterocycles. The average molecular weight is 423 g/mol. The van der Waals surface area contributed by atoms with Crippen LogP contribution in [-0.4, -0.2) is 20.4 Å². The summed E-state index contributed by atoms with van der Waals surface area (Å²) in [4.78, 5) is 45.4. The van der Waals surface area contributed by atoms with Crippen LogP contribution in [0.1, 0.15) is 50.5 Å². The molecule has 2 heterocycles. The van der Waals surface area contributed by atoms with Gasteiger partial charge in [-0.15, -0.1) is 0 Å². The number of fused-ring (bicyclic) bond motifs is 1. The largest absolute Gasteiger partial charge is 0.346 e. The Labute approximate surface area is 177 Å². The van der Waals surface area contributed by atoms with Crippen LogP contribution in [0.3, 0.4) is 0 Å². The third-order valence-corrected chi connectivity index (χ3v) is 4.91. The molecule has 0 aliphatic carbocycles. The van der Waals surface area contributed by atoms with E-state index in [0.29, 0.717) is 5.52 Å². The van der Waals surface area contributed by atoms with E-state index in [4.69, 9.17) is 5.26 Å². The van der Waals surface area contributed by atoms with E-state index in [2.05, 4.69) is 15.3 Å². The summed E-state index contributed by atoms with van der Waals surface area (Å²) in [6.07, 6.45) is 1.44. The van der Waals surface area contributed by atoms with Crippen LogP contribution in [-0.2, 0) is 4.79 Å². The molecule has 2 N–H and O–H groups in total. The van der Waals surface area contributed by atoms with Gasteiger partial charge >= 0.3 is 5.69 Å². The summed E-state index contributed by atoms with van der Waals surface area (Å²) in [7, 11) is 0. The highest BCUT2D eigenvalue weighted by Gasteiger charge is 2.28. The molecule has 8 nitrogen and oxygen atoms in total. The summed E-state index contributed by atoms with van der Waals surface area (Å²) < 4.78 is 15.2. The van der Waals surface area contributed by atoms with Crippen molar-refractivity contribution in [3.05, 3.63) is 74.4 Å². The first-order chi connectivity index (χ1) is 14.7. The van der Waals surface area contributed by atoms with Crippen LogP contribution < -0.4 is 16.6 Å². The maximum atomic E-state index is 14.3.